The molecule has 3 heterocycles. The topological polar surface area (TPSA) is 85.5 Å². The maximum Gasteiger partial charge on any atom is 0.317 e. The Morgan fingerprint density at radius 1 is 1.10 bits per heavy atom. The van der Waals surface area contributed by atoms with Crippen molar-refractivity contribution in [1.29, 1.82) is 0 Å². The molecule has 0 spiro atoms. The van der Waals surface area contributed by atoms with Crippen molar-refractivity contribution >= 4 is 23.5 Å². The Labute approximate surface area is 175 Å². The van der Waals surface area contributed by atoms with Gasteiger partial charge in [0.2, 0.25) is 5.91 Å². The Bertz CT molecular complexity index is 795. The smallest absolute Gasteiger partial charge is 0.317 e. The van der Waals surface area contributed by atoms with E-state index in [1.54, 1.807) is 0 Å². The number of halogens is 1. The minimum atomic E-state index is 0.0159. The average molecular weight is 418 g/mol. The zero-order valence-electron chi connectivity index (χ0n) is 16.4. The van der Waals surface area contributed by atoms with E-state index in [9.17, 15) is 9.59 Å². The molecule has 4 N–H and O–H groups in total. The molecule has 0 radical (unpaired) electrons. The summed E-state index contributed by atoms with van der Waals surface area (Å²) in [6, 6.07) is 8.71. The lowest BCUT2D eigenvalue weighted by Crippen LogP contribution is -2.61. The number of hydrogen-bond acceptors (Lipinski definition) is 4. The average Bonchev–Trinajstić information content (AvgIpc) is 3.10. The normalized spacial score (nSPS) is 36.8. The molecule has 3 saturated heterocycles. The molecule has 1 aromatic carbocycles. The number of nitrogens with one attached hydrogen (secondary N) is 4. The monoisotopic (exact) mass is 417 g/mol. The third-order valence-corrected chi connectivity index (χ3v) is 7.43. The van der Waals surface area contributed by atoms with Crippen molar-refractivity contribution in [1.82, 2.24) is 26.4 Å². The Balaban J connectivity index is 1.26. The van der Waals surface area contributed by atoms with E-state index >= 15 is 0 Å². The van der Waals surface area contributed by atoms with Gasteiger partial charge in [0.15, 0.2) is 0 Å². The van der Waals surface area contributed by atoms with Crippen molar-refractivity contribution in [2.24, 2.45) is 17.8 Å². The fourth-order valence-corrected chi connectivity index (χ4v) is 5.92. The van der Waals surface area contributed by atoms with E-state index in [2.05, 4.69) is 21.5 Å². The van der Waals surface area contributed by atoms with Crippen molar-refractivity contribution in [2.75, 3.05) is 13.1 Å². The van der Waals surface area contributed by atoms with Crippen molar-refractivity contribution in [3.63, 3.8) is 0 Å². The van der Waals surface area contributed by atoms with E-state index in [-0.39, 0.29) is 18.0 Å². The van der Waals surface area contributed by atoms with E-state index in [4.69, 9.17) is 11.6 Å². The van der Waals surface area contributed by atoms with Crippen molar-refractivity contribution in [2.45, 2.75) is 50.4 Å². The Hall–Kier alpha value is -1.83. The quantitative estimate of drug-likeness (QED) is 0.602. The van der Waals surface area contributed by atoms with Gasteiger partial charge in [-0.3, -0.25) is 15.6 Å². The van der Waals surface area contributed by atoms with Crippen LogP contribution in [-0.2, 0) is 11.3 Å². The lowest BCUT2D eigenvalue weighted by Gasteiger charge is -2.46. The van der Waals surface area contributed by atoms with Gasteiger partial charge in [-0.15, -0.1) is 0 Å². The van der Waals surface area contributed by atoms with E-state index < -0.39 is 0 Å². The summed E-state index contributed by atoms with van der Waals surface area (Å²) < 4.78 is 0. The maximum absolute atomic E-state index is 12.7. The number of hydrazine groups is 1. The third kappa shape index (κ3) is 3.83. The first-order valence-electron chi connectivity index (χ1n) is 10.6. The number of carbonyl (C=O) groups is 2. The van der Waals surface area contributed by atoms with Crippen LogP contribution in [0.1, 0.15) is 31.2 Å². The number of amides is 3. The van der Waals surface area contributed by atoms with Gasteiger partial charge in [0.25, 0.3) is 0 Å². The zero-order valence-corrected chi connectivity index (χ0v) is 17.1. The number of benzene rings is 1. The molecule has 6 unspecified atom stereocenters. The highest BCUT2D eigenvalue weighted by Gasteiger charge is 2.49. The highest BCUT2D eigenvalue weighted by Crippen LogP contribution is 2.39. The SMILES string of the molecule is O=C1CCC(C2NNC3CC4NC(=O)N(Cc5cccc(Cl)c5)CC4CC32)CN1. The minimum absolute atomic E-state index is 0.0159. The Morgan fingerprint density at radius 2 is 2.00 bits per heavy atom. The Morgan fingerprint density at radius 3 is 2.79 bits per heavy atom. The van der Waals surface area contributed by atoms with Gasteiger partial charge < -0.3 is 15.5 Å². The molecule has 4 fully saturated rings. The van der Waals surface area contributed by atoms with E-state index in [1.807, 2.05) is 29.2 Å². The first-order chi connectivity index (χ1) is 14.1. The summed E-state index contributed by atoms with van der Waals surface area (Å²) in [5.74, 6) is 1.60. The largest absolute Gasteiger partial charge is 0.356 e. The number of nitrogens with zero attached hydrogens (tertiary/aromatic N) is 1. The molecule has 6 atom stereocenters. The molecule has 7 nitrogen and oxygen atoms in total. The van der Waals surface area contributed by atoms with Gasteiger partial charge in [0, 0.05) is 49.2 Å². The summed E-state index contributed by atoms with van der Waals surface area (Å²) in [6.45, 7) is 2.12. The summed E-state index contributed by atoms with van der Waals surface area (Å²) in [4.78, 5) is 26.1. The summed E-state index contributed by atoms with van der Waals surface area (Å²) in [7, 11) is 0. The van der Waals surface area contributed by atoms with Crippen LogP contribution in [0.3, 0.4) is 0 Å². The van der Waals surface area contributed by atoms with Gasteiger partial charge in [-0.2, -0.15) is 0 Å². The molecule has 8 heteroatoms. The number of carbonyl (C=O) groups excluding carboxylic acids is 2. The summed E-state index contributed by atoms with van der Waals surface area (Å²) >= 11 is 6.11. The van der Waals surface area contributed by atoms with E-state index in [1.165, 1.54) is 0 Å². The standard InChI is InChI=1S/C21H28ClN5O2/c22-15-3-1-2-12(6-15)10-27-11-14-7-16-18(8-17(14)24-21(27)29)25-26-20(16)13-4-5-19(28)23-9-13/h1-3,6,13-14,16-18,20,25-26H,4-5,7-11H2,(H,23,28)(H,24,29). The van der Waals surface area contributed by atoms with Crippen LogP contribution in [0, 0.1) is 17.8 Å². The van der Waals surface area contributed by atoms with Crippen LogP contribution in [0.5, 0.6) is 0 Å². The molecule has 4 aliphatic rings. The van der Waals surface area contributed by atoms with Gasteiger partial charge in [0.05, 0.1) is 0 Å². The molecule has 1 aromatic rings. The molecule has 3 aliphatic heterocycles. The third-order valence-electron chi connectivity index (χ3n) is 7.19. The second-order valence-electron chi connectivity index (χ2n) is 8.99. The van der Waals surface area contributed by atoms with Gasteiger partial charge in [0.1, 0.15) is 0 Å². The highest BCUT2D eigenvalue weighted by molar-refractivity contribution is 6.30. The van der Waals surface area contributed by atoms with Crippen LogP contribution >= 0.6 is 11.6 Å². The van der Waals surface area contributed by atoms with Crippen LogP contribution in [-0.4, -0.2) is 48.1 Å². The number of piperidine rings is 1. The second-order valence-corrected chi connectivity index (χ2v) is 9.42. The Kier molecular flexibility index (Phi) is 5.14. The molecule has 1 saturated carbocycles. The van der Waals surface area contributed by atoms with E-state index in [0.717, 1.165) is 37.9 Å². The highest BCUT2D eigenvalue weighted by atomic mass is 35.5. The molecule has 1 aliphatic carbocycles. The van der Waals surface area contributed by atoms with Gasteiger partial charge in [-0.25, -0.2) is 4.79 Å². The van der Waals surface area contributed by atoms with Gasteiger partial charge in [-0.05, 0) is 54.7 Å². The predicted molar refractivity (Wildman–Crippen MR) is 110 cm³/mol. The van der Waals surface area contributed by atoms with Crippen molar-refractivity contribution in [3.8, 4) is 0 Å². The first kappa shape index (κ1) is 19.2. The van der Waals surface area contributed by atoms with Crippen LogP contribution in [0.25, 0.3) is 0 Å². The maximum atomic E-state index is 12.7. The van der Waals surface area contributed by atoms with Crippen LogP contribution in [0.15, 0.2) is 24.3 Å². The van der Waals surface area contributed by atoms with Crippen molar-refractivity contribution in [3.05, 3.63) is 34.9 Å². The number of hydrogen-bond donors (Lipinski definition) is 4. The number of urea groups is 1. The van der Waals surface area contributed by atoms with Crippen LogP contribution in [0.2, 0.25) is 5.02 Å². The van der Waals surface area contributed by atoms with Gasteiger partial charge >= 0.3 is 6.03 Å². The van der Waals surface area contributed by atoms with Crippen molar-refractivity contribution < 1.29 is 9.59 Å². The second kappa shape index (κ2) is 7.78. The fraction of sp³-hybridized carbons (Fsp3) is 0.619. The molecule has 0 aromatic heterocycles. The summed E-state index contributed by atoms with van der Waals surface area (Å²) in [5, 5.41) is 6.97. The molecule has 5 rings (SSSR count). The predicted octanol–water partition coefficient (Wildman–Crippen LogP) is 1.63. The molecule has 156 valence electrons. The zero-order chi connectivity index (χ0) is 20.0. The summed E-state index contributed by atoms with van der Waals surface area (Å²) in [6.07, 6.45) is 3.60. The van der Waals surface area contributed by atoms with Crippen LogP contribution < -0.4 is 21.5 Å². The lowest BCUT2D eigenvalue weighted by molar-refractivity contribution is -0.123. The fourth-order valence-electron chi connectivity index (χ4n) is 5.70. The lowest BCUT2D eigenvalue weighted by atomic mass is 9.69. The number of rotatable bonds is 3. The molecular formula is C21H28ClN5O2. The number of fused-ring (bicyclic) bond motifs is 2. The molecule has 3 amide bonds. The van der Waals surface area contributed by atoms with E-state index in [0.29, 0.717) is 47.8 Å². The molecule has 0 bridgehead atoms. The first-order valence-corrected chi connectivity index (χ1v) is 11.0. The summed E-state index contributed by atoms with van der Waals surface area (Å²) in [5.41, 5.74) is 8.05. The van der Waals surface area contributed by atoms with Crippen LogP contribution in [0.4, 0.5) is 4.79 Å². The molecule has 29 heavy (non-hydrogen) atoms. The van der Waals surface area contributed by atoms with Gasteiger partial charge in [-0.1, -0.05) is 23.7 Å². The molecular weight excluding hydrogens is 390 g/mol. The minimum Gasteiger partial charge on any atom is -0.356 e.